The van der Waals surface area contributed by atoms with Crippen LogP contribution in [0.25, 0.3) is 0 Å². The molecule has 1 rings (SSSR count). The van der Waals surface area contributed by atoms with Crippen molar-refractivity contribution in [3.05, 3.63) is 0 Å². The van der Waals surface area contributed by atoms with Gasteiger partial charge >= 0.3 is 0 Å². The van der Waals surface area contributed by atoms with Crippen LogP contribution in [0.15, 0.2) is 0 Å². The largest absolute Gasteiger partial charge is 0.342 e. The molecule has 58 valence electrons. The molecule has 1 fully saturated rings. The molecule has 2 nitrogen and oxygen atoms in total. The first-order valence-corrected chi connectivity index (χ1v) is 3.91. The molecule has 0 aliphatic carbocycles. The van der Waals surface area contributed by atoms with Crippen molar-refractivity contribution in [2.75, 3.05) is 0 Å². The third kappa shape index (κ3) is 1.72. The number of hydrogen-bond donors (Lipinski definition) is 1. The highest BCUT2D eigenvalue weighted by molar-refractivity contribution is 5.96. The SMILES string of the molecule is CC(C)CC(C)C1NC1=O. The first-order valence-electron chi connectivity index (χ1n) is 3.91. The van der Waals surface area contributed by atoms with Crippen molar-refractivity contribution in [3.8, 4) is 0 Å². The summed E-state index contributed by atoms with van der Waals surface area (Å²) in [5.41, 5.74) is 0. The van der Waals surface area contributed by atoms with E-state index in [2.05, 4.69) is 26.1 Å². The lowest BCUT2D eigenvalue weighted by Gasteiger charge is -2.09. The maximum Gasteiger partial charge on any atom is 0.243 e. The van der Waals surface area contributed by atoms with Gasteiger partial charge in [-0.05, 0) is 18.3 Å². The molecule has 2 heteroatoms. The van der Waals surface area contributed by atoms with Crippen molar-refractivity contribution in [2.24, 2.45) is 11.8 Å². The molecule has 0 saturated carbocycles. The van der Waals surface area contributed by atoms with Gasteiger partial charge in [-0.3, -0.25) is 4.79 Å². The van der Waals surface area contributed by atoms with E-state index in [1.165, 1.54) is 0 Å². The molecule has 10 heavy (non-hydrogen) atoms. The van der Waals surface area contributed by atoms with Gasteiger partial charge in [0, 0.05) is 0 Å². The van der Waals surface area contributed by atoms with Gasteiger partial charge < -0.3 is 5.32 Å². The van der Waals surface area contributed by atoms with E-state index in [1.807, 2.05) is 0 Å². The minimum absolute atomic E-state index is 0.183. The minimum atomic E-state index is 0.183. The second kappa shape index (κ2) is 2.60. The summed E-state index contributed by atoms with van der Waals surface area (Å²) in [5, 5.41) is 2.80. The summed E-state index contributed by atoms with van der Waals surface area (Å²) < 4.78 is 0. The molecular weight excluding hydrogens is 126 g/mol. The molecule has 1 aliphatic rings. The van der Waals surface area contributed by atoms with Gasteiger partial charge in [-0.2, -0.15) is 0 Å². The molecule has 1 heterocycles. The predicted octanol–water partition coefficient (Wildman–Crippen LogP) is 1.17. The highest BCUT2D eigenvalue weighted by Crippen LogP contribution is 2.20. The van der Waals surface area contributed by atoms with Crippen LogP contribution >= 0.6 is 0 Å². The fourth-order valence-electron chi connectivity index (χ4n) is 1.39. The van der Waals surface area contributed by atoms with Crippen LogP contribution in [0.1, 0.15) is 27.2 Å². The summed E-state index contributed by atoms with van der Waals surface area (Å²) in [7, 11) is 0. The Balaban J connectivity index is 2.22. The van der Waals surface area contributed by atoms with Crippen LogP contribution in [0.4, 0.5) is 0 Å². The lowest BCUT2D eigenvalue weighted by molar-refractivity contribution is -0.111. The normalized spacial score (nSPS) is 26.4. The van der Waals surface area contributed by atoms with E-state index >= 15 is 0 Å². The van der Waals surface area contributed by atoms with Gasteiger partial charge in [0.25, 0.3) is 0 Å². The van der Waals surface area contributed by atoms with Gasteiger partial charge in [0.05, 0.1) is 0 Å². The molecular formula is C8H15NO. The summed E-state index contributed by atoms with van der Waals surface area (Å²) in [6, 6.07) is 0.183. The summed E-state index contributed by atoms with van der Waals surface area (Å²) in [5.74, 6) is 1.45. The smallest absolute Gasteiger partial charge is 0.243 e. The molecule has 0 bridgehead atoms. The van der Waals surface area contributed by atoms with E-state index in [1.54, 1.807) is 0 Å². The fraction of sp³-hybridized carbons (Fsp3) is 0.875. The van der Waals surface area contributed by atoms with Crippen molar-refractivity contribution in [1.29, 1.82) is 0 Å². The number of carbonyl (C=O) groups excluding carboxylic acids is 1. The number of carbonyl (C=O) groups is 1. The van der Waals surface area contributed by atoms with Gasteiger partial charge in [-0.1, -0.05) is 20.8 Å². The number of nitrogens with one attached hydrogen (secondary N) is 1. The van der Waals surface area contributed by atoms with E-state index in [0.717, 1.165) is 6.42 Å². The average molecular weight is 141 g/mol. The van der Waals surface area contributed by atoms with Crippen molar-refractivity contribution < 1.29 is 4.79 Å². The van der Waals surface area contributed by atoms with Gasteiger partial charge in [0.2, 0.25) is 5.91 Å². The predicted molar refractivity (Wildman–Crippen MR) is 40.5 cm³/mol. The highest BCUT2D eigenvalue weighted by atomic mass is 16.2. The number of amides is 1. The summed E-state index contributed by atoms with van der Waals surface area (Å²) >= 11 is 0. The van der Waals surface area contributed by atoms with Gasteiger partial charge in [-0.25, -0.2) is 0 Å². The molecule has 2 atom stereocenters. The summed E-state index contributed by atoms with van der Waals surface area (Å²) in [4.78, 5) is 10.6. The topological polar surface area (TPSA) is 39.0 Å². The Hall–Kier alpha value is -0.530. The minimum Gasteiger partial charge on any atom is -0.342 e. The third-order valence-electron chi connectivity index (χ3n) is 1.91. The van der Waals surface area contributed by atoms with Gasteiger partial charge in [-0.15, -0.1) is 0 Å². The Morgan fingerprint density at radius 1 is 1.50 bits per heavy atom. The van der Waals surface area contributed by atoms with Crippen LogP contribution in [-0.4, -0.2) is 11.9 Å². The zero-order valence-corrected chi connectivity index (χ0v) is 6.85. The molecule has 1 amide bonds. The fourth-order valence-corrected chi connectivity index (χ4v) is 1.39. The van der Waals surface area contributed by atoms with Crippen LogP contribution in [0, 0.1) is 11.8 Å². The zero-order chi connectivity index (χ0) is 7.72. The van der Waals surface area contributed by atoms with Crippen LogP contribution in [0.5, 0.6) is 0 Å². The first-order chi connectivity index (χ1) is 4.61. The first kappa shape index (κ1) is 7.58. The van der Waals surface area contributed by atoms with E-state index in [9.17, 15) is 4.79 Å². The van der Waals surface area contributed by atoms with Crippen molar-refractivity contribution in [1.82, 2.24) is 5.32 Å². The average Bonchev–Trinajstić information content (AvgIpc) is 2.44. The van der Waals surface area contributed by atoms with E-state index in [4.69, 9.17) is 0 Å². The third-order valence-corrected chi connectivity index (χ3v) is 1.91. The maximum absolute atomic E-state index is 10.6. The van der Waals surface area contributed by atoms with Crippen LogP contribution < -0.4 is 5.32 Å². The highest BCUT2D eigenvalue weighted by Gasteiger charge is 2.38. The number of rotatable bonds is 3. The zero-order valence-electron chi connectivity index (χ0n) is 6.85. The van der Waals surface area contributed by atoms with Crippen molar-refractivity contribution in [2.45, 2.75) is 33.2 Å². The molecule has 0 aromatic rings. The monoisotopic (exact) mass is 141 g/mol. The molecule has 0 spiro atoms. The Labute approximate surface area is 62.0 Å². The molecule has 2 unspecified atom stereocenters. The second-order valence-electron chi connectivity index (χ2n) is 3.59. The van der Waals surface area contributed by atoms with Gasteiger partial charge in [0.15, 0.2) is 0 Å². The van der Waals surface area contributed by atoms with Crippen LogP contribution in [0.3, 0.4) is 0 Å². The Kier molecular flexibility index (Phi) is 1.97. The Morgan fingerprint density at radius 3 is 2.30 bits per heavy atom. The van der Waals surface area contributed by atoms with Crippen molar-refractivity contribution >= 4 is 5.91 Å². The Morgan fingerprint density at radius 2 is 2.00 bits per heavy atom. The molecule has 1 N–H and O–H groups in total. The van der Waals surface area contributed by atoms with E-state index in [0.29, 0.717) is 11.8 Å². The quantitative estimate of drug-likeness (QED) is 0.589. The second-order valence-corrected chi connectivity index (χ2v) is 3.59. The summed E-state index contributed by atoms with van der Waals surface area (Å²) in [6.07, 6.45) is 1.14. The van der Waals surface area contributed by atoms with E-state index in [-0.39, 0.29) is 11.9 Å². The summed E-state index contributed by atoms with van der Waals surface area (Å²) in [6.45, 7) is 6.50. The standard InChI is InChI=1S/C8H15NO/c1-5(2)4-6(3)7-8(10)9-7/h5-7H,4H2,1-3H3,(H,9,10). The number of hydrogen-bond acceptors (Lipinski definition) is 1. The molecule has 1 saturated heterocycles. The lowest BCUT2D eigenvalue weighted by atomic mass is 9.96. The van der Waals surface area contributed by atoms with Crippen molar-refractivity contribution in [3.63, 3.8) is 0 Å². The van der Waals surface area contributed by atoms with Crippen LogP contribution in [-0.2, 0) is 4.79 Å². The lowest BCUT2D eigenvalue weighted by Crippen LogP contribution is -2.09. The molecule has 0 radical (unpaired) electrons. The van der Waals surface area contributed by atoms with Gasteiger partial charge in [0.1, 0.15) is 6.04 Å². The molecule has 1 aliphatic heterocycles. The van der Waals surface area contributed by atoms with Crippen LogP contribution in [0.2, 0.25) is 0 Å². The Bertz CT molecular complexity index is 142. The molecule has 0 aromatic heterocycles. The molecule has 0 aromatic carbocycles. The van der Waals surface area contributed by atoms with E-state index < -0.39 is 0 Å². The maximum atomic E-state index is 10.6.